The van der Waals surface area contributed by atoms with E-state index in [4.69, 9.17) is 0 Å². The number of rotatable bonds is 2. The Hall–Kier alpha value is -1.77. The molecule has 1 aromatic rings. The number of hydrogen-bond acceptors (Lipinski definition) is 2. The minimum atomic E-state index is 0.101. The van der Waals surface area contributed by atoms with E-state index in [1.807, 2.05) is 11.0 Å². The summed E-state index contributed by atoms with van der Waals surface area (Å²) in [5, 5.41) is 9.40. The zero-order valence-corrected chi connectivity index (χ0v) is 9.15. The monoisotopic (exact) mass is 217 g/mol. The van der Waals surface area contributed by atoms with Crippen molar-refractivity contribution in [3.8, 4) is 5.75 Å². The second-order valence-electron chi connectivity index (χ2n) is 4.01. The first-order chi connectivity index (χ1) is 7.70. The van der Waals surface area contributed by atoms with Crippen molar-refractivity contribution in [2.45, 2.75) is 19.4 Å². The highest BCUT2D eigenvalue weighted by Crippen LogP contribution is 2.23. The summed E-state index contributed by atoms with van der Waals surface area (Å²) < 4.78 is 0. The van der Waals surface area contributed by atoms with Crippen LogP contribution in [0.4, 0.5) is 0 Å². The Balaban J connectivity index is 2.16. The molecule has 16 heavy (non-hydrogen) atoms. The van der Waals surface area contributed by atoms with Crippen LogP contribution in [0.5, 0.6) is 5.75 Å². The van der Waals surface area contributed by atoms with Crippen LogP contribution in [0.15, 0.2) is 30.9 Å². The van der Waals surface area contributed by atoms with Crippen molar-refractivity contribution in [2.75, 3.05) is 6.54 Å². The lowest BCUT2D eigenvalue weighted by molar-refractivity contribution is -0.131. The summed E-state index contributed by atoms with van der Waals surface area (Å²) in [5.41, 5.74) is 2.27. The molecule has 0 spiro atoms. The summed E-state index contributed by atoms with van der Waals surface area (Å²) in [6.07, 6.45) is 2.87. The van der Waals surface area contributed by atoms with Gasteiger partial charge in [0.2, 0.25) is 5.91 Å². The number of hydrogen-bond donors (Lipinski definition) is 1. The highest BCUT2D eigenvalue weighted by molar-refractivity contribution is 5.77. The zero-order chi connectivity index (χ0) is 11.5. The third kappa shape index (κ3) is 2.08. The van der Waals surface area contributed by atoms with Gasteiger partial charge in [0.1, 0.15) is 5.75 Å². The number of phenolic OH excluding ortho intramolecular Hbond substituents is 1. The molecule has 0 saturated heterocycles. The average Bonchev–Trinajstić information content (AvgIpc) is 2.28. The van der Waals surface area contributed by atoms with E-state index in [1.165, 1.54) is 5.56 Å². The van der Waals surface area contributed by atoms with Crippen molar-refractivity contribution in [1.82, 2.24) is 4.90 Å². The summed E-state index contributed by atoms with van der Waals surface area (Å²) in [4.78, 5) is 13.5. The van der Waals surface area contributed by atoms with Gasteiger partial charge in [0.05, 0.1) is 0 Å². The fourth-order valence-corrected chi connectivity index (χ4v) is 2.01. The molecule has 0 aliphatic carbocycles. The van der Waals surface area contributed by atoms with Gasteiger partial charge in [-0.15, -0.1) is 6.58 Å². The molecule has 3 nitrogen and oxygen atoms in total. The molecule has 1 aliphatic rings. The molecule has 0 fully saturated rings. The van der Waals surface area contributed by atoms with Gasteiger partial charge < -0.3 is 10.0 Å². The molecule has 0 aromatic heterocycles. The van der Waals surface area contributed by atoms with Crippen LogP contribution in [-0.4, -0.2) is 22.5 Å². The number of amides is 1. The van der Waals surface area contributed by atoms with Crippen LogP contribution in [0.25, 0.3) is 0 Å². The first kappa shape index (κ1) is 10.7. The van der Waals surface area contributed by atoms with Crippen molar-refractivity contribution in [3.05, 3.63) is 42.0 Å². The Kier molecular flexibility index (Phi) is 2.95. The Morgan fingerprint density at radius 3 is 3.06 bits per heavy atom. The standard InChI is InChI=1S/C13H15NO2/c1-2-3-13(16)14-7-6-10-4-5-12(15)8-11(10)9-14/h2,4-5,8,15H,1,3,6-7,9H2. The fraction of sp³-hybridized carbons (Fsp3) is 0.308. The topological polar surface area (TPSA) is 40.5 Å². The molecule has 1 aliphatic heterocycles. The third-order valence-electron chi connectivity index (χ3n) is 2.87. The van der Waals surface area contributed by atoms with Crippen molar-refractivity contribution in [3.63, 3.8) is 0 Å². The van der Waals surface area contributed by atoms with Crippen LogP contribution in [0.3, 0.4) is 0 Å². The molecule has 1 aromatic carbocycles. The zero-order valence-electron chi connectivity index (χ0n) is 9.15. The molecule has 0 radical (unpaired) electrons. The Bertz CT molecular complexity index is 426. The summed E-state index contributed by atoms with van der Waals surface area (Å²) in [7, 11) is 0. The smallest absolute Gasteiger partial charge is 0.226 e. The van der Waals surface area contributed by atoms with Crippen LogP contribution < -0.4 is 0 Å². The van der Waals surface area contributed by atoms with E-state index in [1.54, 1.807) is 18.2 Å². The molecule has 0 bridgehead atoms. The number of nitrogens with zero attached hydrogens (tertiary/aromatic N) is 1. The lowest BCUT2D eigenvalue weighted by atomic mass is 9.99. The van der Waals surface area contributed by atoms with Crippen LogP contribution in [0.2, 0.25) is 0 Å². The van der Waals surface area contributed by atoms with E-state index >= 15 is 0 Å². The second-order valence-corrected chi connectivity index (χ2v) is 4.01. The molecule has 1 amide bonds. The number of carbonyl (C=O) groups is 1. The van der Waals surface area contributed by atoms with Crippen LogP contribution >= 0.6 is 0 Å². The first-order valence-electron chi connectivity index (χ1n) is 5.40. The summed E-state index contributed by atoms with van der Waals surface area (Å²) >= 11 is 0. The van der Waals surface area contributed by atoms with Crippen LogP contribution in [0.1, 0.15) is 17.5 Å². The van der Waals surface area contributed by atoms with Gasteiger partial charge in [-0.05, 0) is 29.7 Å². The number of fused-ring (bicyclic) bond motifs is 1. The molecule has 1 N–H and O–H groups in total. The van der Waals surface area contributed by atoms with E-state index in [0.717, 1.165) is 18.5 Å². The molecule has 84 valence electrons. The van der Waals surface area contributed by atoms with Crippen molar-refractivity contribution in [2.24, 2.45) is 0 Å². The highest BCUT2D eigenvalue weighted by atomic mass is 16.3. The number of benzene rings is 1. The minimum Gasteiger partial charge on any atom is -0.508 e. The fourth-order valence-electron chi connectivity index (χ4n) is 2.01. The van der Waals surface area contributed by atoms with E-state index in [2.05, 4.69) is 6.58 Å². The molecule has 0 saturated carbocycles. The summed E-state index contributed by atoms with van der Waals surface area (Å²) in [5.74, 6) is 0.362. The molecule has 2 rings (SSSR count). The molecule has 1 heterocycles. The number of carbonyl (C=O) groups excluding carboxylic acids is 1. The first-order valence-corrected chi connectivity index (χ1v) is 5.40. The van der Waals surface area contributed by atoms with E-state index in [-0.39, 0.29) is 11.7 Å². The van der Waals surface area contributed by atoms with Crippen molar-refractivity contribution >= 4 is 5.91 Å². The van der Waals surface area contributed by atoms with Crippen LogP contribution in [0, 0.1) is 0 Å². The Morgan fingerprint density at radius 2 is 2.31 bits per heavy atom. The maximum atomic E-state index is 11.7. The molecular weight excluding hydrogens is 202 g/mol. The molecular formula is C13H15NO2. The maximum absolute atomic E-state index is 11.7. The molecule has 0 unspecified atom stereocenters. The molecule has 3 heteroatoms. The third-order valence-corrected chi connectivity index (χ3v) is 2.87. The predicted molar refractivity (Wildman–Crippen MR) is 62.0 cm³/mol. The van der Waals surface area contributed by atoms with Crippen LogP contribution in [-0.2, 0) is 17.8 Å². The van der Waals surface area contributed by atoms with E-state index < -0.39 is 0 Å². The SMILES string of the molecule is C=CCC(=O)N1CCc2ccc(O)cc2C1. The van der Waals surface area contributed by atoms with E-state index in [9.17, 15) is 9.90 Å². The lowest BCUT2D eigenvalue weighted by Crippen LogP contribution is -2.35. The highest BCUT2D eigenvalue weighted by Gasteiger charge is 2.19. The Labute approximate surface area is 95.0 Å². The molecule has 0 atom stereocenters. The van der Waals surface area contributed by atoms with Gasteiger partial charge in [0.25, 0.3) is 0 Å². The van der Waals surface area contributed by atoms with Gasteiger partial charge in [-0.3, -0.25) is 4.79 Å². The average molecular weight is 217 g/mol. The summed E-state index contributed by atoms with van der Waals surface area (Å²) in [6, 6.07) is 5.36. The maximum Gasteiger partial charge on any atom is 0.226 e. The normalized spacial score (nSPS) is 14.4. The summed E-state index contributed by atoms with van der Waals surface area (Å²) in [6.45, 7) is 4.91. The van der Waals surface area contributed by atoms with Gasteiger partial charge in [-0.1, -0.05) is 12.1 Å². The van der Waals surface area contributed by atoms with Gasteiger partial charge in [-0.25, -0.2) is 0 Å². The van der Waals surface area contributed by atoms with Crippen molar-refractivity contribution in [1.29, 1.82) is 0 Å². The van der Waals surface area contributed by atoms with Gasteiger partial charge in [0.15, 0.2) is 0 Å². The van der Waals surface area contributed by atoms with Gasteiger partial charge in [-0.2, -0.15) is 0 Å². The minimum absolute atomic E-state index is 0.101. The quantitative estimate of drug-likeness (QED) is 0.768. The van der Waals surface area contributed by atoms with E-state index in [0.29, 0.717) is 13.0 Å². The number of aromatic hydroxyl groups is 1. The second kappa shape index (κ2) is 4.39. The Morgan fingerprint density at radius 1 is 1.50 bits per heavy atom. The predicted octanol–water partition coefficient (Wildman–Crippen LogP) is 1.85. The largest absolute Gasteiger partial charge is 0.508 e. The lowest BCUT2D eigenvalue weighted by Gasteiger charge is -2.28. The van der Waals surface area contributed by atoms with Gasteiger partial charge >= 0.3 is 0 Å². The van der Waals surface area contributed by atoms with Gasteiger partial charge in [0, 0.05) is 19.5 Å². The number of phenols is 1. The van der Waals surface area contributed by atoms with Crippen molar-refractivity contribution < 1.29 is 9.90 Å².